The average molecular weight is 461 g/mol. The van der Waals surface area contributed by atoms with Crippen molar-refractivity contribution in [1.82, 2.24) is 10.6 Å². The molecule has 0 spiro atoms. The topological polar surface area (TPSA) is 90.5 Å². The Bertz CT molecular complexity index is 886. The van der Waals surface area contributed by atoms with E-state index in [1.54, 1.807) is 36.4 Å². The second-order valence-electron chi connectivity index (χ2n) is 5.76. The van der Waals surface area contributed by atoms with Crippen LogP contribution in [0.5, 0.6) is 0 Å². The van der Waals surface area contributed by atoms with Gasteiger partial charge in [0.05, 0.1) is 11.3 Å². The zero-order chi connectivity index (χ0) is 20.9. The lowest BCUT2D eigenvalue weighted by atomic mass is 10.1. The lowest BCUT2D eigenvalue weighted by Gasteiger charge is -2.28. The number of carboxylic acid groups (broad SMARTS) is 1. The molecule has 0 fully saturated rings. The molecule has 1 amide bonds. The van der Waals surface area contributed by atoms with Crippen molar-refractivity contribution in [2.45, 2.75) is 16.9 Å². The van der Waals surface area contributed by atoms with Gasteiger partial charge in [0.15, 0.2) is 5.11 Å². The summed E-state index contributed by atoms with van der Waals surface area (Å²) in [5.41, 5.74) is 1.64. The van der Waals surface area contributed by atoms with Gasteiger partial charge in [-0.3, -0.25) is 4.79 Å². The standard InChI is InChI=1S/C18H16Cl3N3O3S/c1-10-6-8-11(9-7-10)14(25)23-16(18(19,20)21)24-17(28)22-13-5-3-2-4-12(13)15(26)27/h2-9,16H,1H3,(H,23,25)(H,26,27)(H2,22,24,28). The molecular weight excluding hydrogens is 445 g/mol. The summed E-state index contributed by atoms with van der Waals surface area (Å²) in [4.78, 5) is 23.7. The molecule has 2 aromatic carbocycles. The molecule has 6 nitrogen and oxygen atoms in total. The summed E-state index contributed by atoms with van der Waals surface area (Å²) < 4.78 is -1.93. The molecule has 0 radical (unpaired) electrons. The van der Waals surface area contributed by atoms with Crippen LogP contribution in [-0.2, 0) is 0 Å². The molecular formula is C18H16Cl3N3O3S. The van der Waals surface area contributed by atoms with E-state index in [1.807, 2.05) is 6.92 Å². The molecule has 2 aromatic rings. The number of alkyl halides is 3. The molecule has 0 saturated heterocycles. The largest absolute Gasteiger partial charge is 0.478 e. The first kappa shape index (κ1) is 22.2. The maximum atomic E-state index is 12.4. The summed E-state index contributed by atoms with van der Waals surface area (Å²) in [7, 11) is 0. The Morgan fingerprint density at radius 2 is 1.64 bits per heavy atom. The van der Waals surface area contributed by atoms with Crippen LogP contribution in [0.4, 0.5) is 5.69 Å². The van der Waals surface area contributed by atoms with E-state index in [2.05, 4.69) is 16.0 Å². The van der Waals surface area contributed by atoms with Gasteiger partial charge in [0.25, 0.3) is 5.91 Å². The Morgan fingerprint density at radius 3 is 2.21 bits per heavy atom. The number of hydrogen-bond acceptors (Lipinski definition) is 3. The van der Waals surface area contributed by atoms with Gasteiger partial charge in [0.2, 0.25) is 3.79 Å². The Balaban J connectivity index is 2.12. The minimum absolute atomic E-state index is 0.0146. The predicted molar refractivity (Wildman–Crippen MR) is 115 cm³/mol. The van der Waals surface area contributed by atoms with Crippen LogP contribution in [0.15, 0.2) is 48.5 Å². The van der Waals surface area contributed by atoms with Crippen molar-refractivity contribution < 1.29 is 14.7 Å². The number of halogens is 3. The monoisotopic (exact) mass is 459 g/mol. The Kier molecular flexibility index (Phi) is 7.48. The van der Waals surface area contributed by atoms with Crippen LogP contribution >= 0.6 is 47.0 Å². The van der Waals surface area contributed by atoms with Gasteiger partial charge in [0, 0.05) is 5.56 Å². The normalized spacial score (nSPS) is 12.0. The number of aromatic carboxylic acids is 1. The third-order valence-electron chi connectivity index (χ3n) is 3.60. The molecule has 2 rings (SSSR count). The minimum atomic E-state index is -1.93. The molecule has 0 aromatic heterocycles. The number of rotatable bonds is 5. The number of carbonyl (C=O) groups excluding carboxylic acids is 1. The first-order valence-corrected chi connectivity index (χ1v) is 9.46. The van der Waals surface area contributed by atoms with Crippen molar-refractivity contribution in [3.05, 3.63) is 65.2 Å². The lowest BCUT2D eigenvalue weighted by Crippen LogP contribution is -2.56. The van der Waals surface area contributed by atoms with Gasteiger partial charge in [-0.1, -0.05) is 64.6 Å². The quantitative estimate of drug-likeness (QED) is 0.305. The molecule has 28 heavy (non-hydrogen) atoms. The Labute approximate surface area is 182 Å². The molecule has 148 valence electrons. The molecule has 10 heteroatoms. The summed E-state index contributed by atoms with van der Waals surface area (Å²) in [6.45, 7) is 1.90. The fourth-order valence-corrected chi connectivity index (χ4v) is 2.74. The number of para-hydroxylation sites is 1. The van der Waals surface area contributed by atoms with E-state index >= 15 is 0 Å². The zero-order valence-electron chi connectivity index (χ0n) is 14.5. The van der Waals surface area contributed by atoms with Gasteiger partial charge in [0.1, 0.15) is 6.17 Å². The van der Waals surface area contributed by atoms with Crippen molar-refractivity contribution in [2.24, 2.45) is 0 Å². The molecule has 0 saturated carbocycles. The van der Waals surface area contributed by atoms with Crippen molar-refractivity contribution >= 4 is 69.7 Å². The lowest BCUT2D eigenvalue weighted by molar-refractivity contribution is 0.0697. The molecule has 0 aliphatic heterocycles. The fraction of sp³-hybridized carbons (Fsp3) is 0.167. The Morgan fingerprint density at radius 1 is 1.04 bits per heavy atom. The van der Waals surface area contributed by atoms with Gasteiger partial charge in [-0.05, 0) is 43.4 Å². The molecule has 1 atom stereocenters. The van der Waals surface area contributed by atoms with Crippen molar-refractivity contribution in [1.29, 1.82) is 0 Å². The predicted octanol–water partition coefficient (Wildman–Crippen LogP) is 4.11. The zero-order valence-corrected chi connectivity index (χ0v) is 17.6. The molecule has 4 N–H and O–H groups in total. The molecule has 1 unspecified atom stereocenters. The van der Waals surface area contributed by atoms with E-state index in [0.717, 1.165) is 5.56 Å². The van der Waals surface area contributed by atoms with E-state index in [0.29, 0.717) is 5.56 Å². The highest BCUT2D eigenvalue weighted by molar-refractivity contribution is 7.80. The smallest absolute Gasteiger partial charge is 0.337 e. The van der Waals surface area contributed by atoms with Crippen LogP contribution in [0, 0.1) is 6.92 Å². The highest BCUT2D eigenvalue weighted by atomic mass is 35.6. The van der Waals surface area contributed by atoms with Crippen molar-refractivity contribution in [2.75, 3.05) is 5.32 Å². The maximum Gasteiger partial charge on any atom is 0.337 e. The molecule has 0 aliphatic rings. The third kappa shape index (κ3) is 6.24. The number of carbonyl (C=O) groups is 2. The highest BCUT2D eigenvalue weighted by Gasteiger charge is 2.35. The van der Waals surface area contributed by atoms with E-state index in [1.165, 1.54) is 12.1 Å². The first-order valence-electron chi connectivity index (χ1n) is 7.92. The summed E-state index contributed by atoms with van der Waals surface area (Å²) >= 11 is 23.0. The average Bonchev–Trinajstić information content (AvgIpc) is 2.61. The minimum Gasteiger partial charge on any atom is -0.478 e. The van der Waals surface area contributed by atoms with Crippen molar-refractivity contribution in [3.63, 3.8) is 0 Å². The Hall–Kier alpha value is -2.06. The van der Waals surface area contributed by atoms with Crippen LogP contribution in [0.25, 0.3) is 0 Å². The fourth-order valence-electron chi connectivity index (χ4n) is 2.19. The van der Waals surface area contributed by atoms with Gasteiger partial charge in [-0.25, -0.2) is 4.79 Å². The van der Waals surface area contributed by atoms with E-state index in [9.17, 15) is 14.7 Å². The number of anilines is 1. The highest BCUT2D eigenvalue weighted by Crippen LogP contribution is 2.29. The van der Waals surface area contributed by atoms with Crippen LogP contribution in [0.2, 0.25) is 0 Å². The summed E-state index contributed by atoms with van der Waals surface area (Å²) in [5.74, 6) is -1.60. The number of carboxylic acids is 1. The van der Waals surface area contributed by atoms with E-state index < -0.39 is 21.8 Å². The van der Waals surface area contributed by atoms with Crippen LogP contribution in [0.3, 0.4) is 0 Å². The van der Waals surface area contributed by atoms with Crippen molar-refractivity contribution in [3.8, 4) is 0 Å². The number of nitrogens with one attached hydrogen (secondary N) is 3. The number of thiocarbonyl (C=S) groups is 1. The molecule has 0 bridgehead atoms. The van der Waals surface area contributed by atoms with Crippen LogP contribution in [-0.4, -0.2) is 32.1 Å². The van der Waals surface area contributed by atoms with E-state index in [4.69, 9.17) is 47.0 Å². The number of hydrogen-bond donors (Lipinski definition) is 4. The van der Waals surface area contributed by atoms with Gasteiger partial charge in [-0.2, -0.15) is 0 Å². The van der Waals surface area contributed by atoms with Crippen LogP contribution in [0.1, 0.15) is 26.3 Å². The molecule has 0 heterocycles. The van der Waals surface area contributed by atoms with Gasteiger partial charge < -0.3 is 21.1 Å². The van der Waals surface area contributed by atoms with E-state index in [-0.39, 0.29) is 16.4 Å². The number of amides is 1. The number of benzene rings is 2. The van der Waals surface area contributed by atoms with Gasteiger partial charge in [-0.15, -0.1) is 0 Å². The SMILES string of the molecule is Cc1ccc(C(=O)NC(NC(=S)Nc2ccccc2C(=O)O)C(Cl)(Cl)Cl)cc1. The summed E-state index contributed by atoms with van der Waals surface area (Å²) in [6.07, 6.45) is -1.18. The second-order valence-corrected chi connectivity index (χ2v) is 8.54. The molecule has 0 aliphatic carbocycles. The second kappa shape index (κ2) is 9.43. The summed E-state index contributed by atoms with van der Waals surface area (Å²) in [6, 6.07) is 13.0. The third-order valence-corrected chi connectivity index (χ3v) is 4.47. The number of aryl methyl sites for hydroxylation is 1. The summed E-state index contributed by atoms with van der Waals surface area (Å²) in [5, 5.41) is 17.2. The van der Waals surface area contributed by atoms with Crippen LogP contribution < -0.4 is 16.0 Å². The maximum absolute atomic E-state index is 12.4. The first-order chi connectivity index (χ1) is 13.1. The van der Waals surface area contributed by atoms with Gasteiger partial charge >= 0.3 is 5.97 Å².